The number of hydrogen-bond acceptors (Lipinski definition) is 12. The summed E-state index contributed by atoms with van der Waals surface area (Å²) in [5.74, 6) is -0.638. The minimum atomic E-state index is -1.62. The number of Topliss-reactive ketones (excluding diaryl/α,β-unsaturated/α-hetero) is 1. The van der Waals surface area contributed by atoms with E-state index in [2.05, 4.69) is 24.5 Å². The maximum atomic E-state index is 15.1. The van der Waals surface area contributed by atoms with Crippen LogP contribution in [0.2, 0.25) is 0 Å². The van der Waals surface area contributed by atoms with Gasteiger partial charge in [-0.25, -0.2) is 0 Å². The van der Waals surface area contributed by atoms with Crippen LogP contribution in [0.5, 0.6) is 0 Å². The zero-order valence-corrected chi connectivity index (χ0v) is 36.4. The van der Waals surface area contributed by atoms with Gasteiger partial charge < -0.3 is 56.8 Å². The van der Waals surface area contributed by atoms with Crippen molar-refractivity contribution in [1.29, 1.82) is 0 Å². The quantitative estimate of drug-likeness (QED) is 0.121. The molecular weight excluding hydrogens is 751 g/mol. The first kappa shape index (κ1) is 45.2. The first-order chi connectivity index (χ1) is 27.9. The lowest BCUT2D eigenvalue weighted by atomic mass is 9.43. The van der Waals surface area contributed by atoms with E-state index >= 15 is 4.79 Å². The molecule has 1 saturated heterocycles. The Balaban J connectivity index is 1.23. The third kappa shape index (κ3) is 7.81. The maximum Gasteiger partial charge on any atom is 0.182 e. The van der Waals surface area contributed by atoms with E-state index in [0.29, 0.717) is 62.4 Å². The fraction of sp³-hybridized carbons (Fsp3) is 0.851. The lowest BCUT2D eigenvalue weighted by molar-refractivity contribution is -0.199. The first-order valence-corrected chi connectivity index (χ1v) is 23.3. The summed E-state index contributed by atoms with van der Waals surface area (Å²) in [4.78, 5) is 15.1. The number of allylic oxidation sites excluding steroid dienone is 4. The van der Waals surface area contributed by atoms with E-state index in [1.165, 1.54) is 19.3 Å². The summed E-state index contributed by atoms with van der Waals surface area (Å²) in [7, 11) is 0. The summed E-state index contributed by atoms with van der Waals surface area (Å²) in [6.45, 7) is 9.91. The minimum absolute atomic E-state index is 0.0377. The molecule has 7 aliphatic rings. The van der Waals surface area contributed by atoms with Crippen molar-refractivity contribution in [2.75, 3.05) is 13.2 Å². The third-order valence-corrected chi connectivity index (χ3v) is 17.3. The van der Waals surface area contributed by atoms with E-state index in [-0.39, 0.29) is 68.0 Å². The second kappa shape index (κ2) is 17.4. The molecule has 2 aliphatic heterocycles. The normalized spacial score (nSPS) is 44.2. The Bertz CT molecular complexity index is 1630. The van der Waals surface area contributed by atoms with Crippen LogP contribution in [-0.2, 0) is 9.53 Å². The van der Waals surface area contributed by atoms with Gasteiger partial charge in [-0.1, -0.05) is 46.1 Å². The van der Waals surface area contributed by atoms with Crippen molar-refractivity contribution in [2.24, 2.45) is 52.1 Å². The highest BCUT2D eigenvalue weighted by molar-refractivity contribution is 6.00. The maximum absolute atomic E-state index is 15.1. The lowest BCUT2D eigenvalue weighted by Crippen LogP contribution is -2.65. The molecule has 5 aliphatic carbocycles. The Morgan fingerprint density at radius 2 is 1.81 bits per heavy atom. The van der Waals surface area contributed by atoms with Crippen LogP contribution in [0.1, 0.15) is 137 Å². The van der Waals surface area contributed by atoms with Gasteiger partial charge in [0.2, 0.25) is 0 Å². The molecule has 59 heavy (non-hydrogen) atoms. The number of aliphatic hydroxyl groups excluding tert-OH is 5. The van der Waals surface area contributed by atoms with Gasteiger partial charge in [-0.15, -0.1) is 0 Å². The molecule has 0 aromatic heterocycles. The minimum Gasteiger partial charge on any atom is -0.396 e. The van der Waals surface area contributed by atoms with Crippen molar-refractivity contribution in [2.45, 2.75) is 191 Å². The number of fused-ring (bicyclic) bond motifs is 6. The van der Waals surface area contributed by atoms with Crippen LogP contribution in [0.15, 0.2) is 34.7 Å². The van der Waals surface area contributed by atoms with E-state index in [0.717, 1.165) is 30.5 Å². The Labute approximate surface area is 352 Å². The Morgan fingerprint density at radius 3 is 2.53 bits per heavy atom. The highest BCUT2D eigenvalue weighted by Gasteiger charge is 2.71. The summed E-state index contributed by atoms with van der Waals surface area (Å²) in [6.07, 6.45) is 9.98. The molecular formula is C47H77N3O9. The molecule has 0 radical (unpaired) electrons. The summed E-state index contributed by atoms with van der Waals surface area (Å²) in [5.41, 5.74) is 4.17. The molecule has 0 spiro atoms. The van der Waals surface area contributed by atoms with Gasteiger partial charge in [0, 0.05) is 30.2 Å². The van der Waals surface area contributed by atoms with Crippen LogP contribution in [0, 0.1) is 46.3 Å². The zero-order chi connectivity index (χ0) is 42.7. The fourth-order valence-corrected chi connectivity index (χ4v) is 14.1. The van der Waals surface area contributed by atoms with Gasteiger partial charge in [0.15, 0.2) is 5.78 Å². The number of hydrogen-bond donors (Lipinski definition) is 10. The van der Waals surface area contributed by atoms with Crippen molar-refractivity contribution in [1.82, 2.24) is 10.6 Å². The molecule has 7 rings (SSSR count). The number of nitrogens with two attached hydrogens (primary N) is 1. The van der Waals surface area contributed by atoms with Gasteiger partial charge >= 0.3 is 0 Å². The summed E-state index contributed by atoms with van der Waals surface area (Å²) in [6, 6.07) is 0. The second-order valence-electron chi connectivity index (χ2n) is 20.7. The van der Waals surface area contributed by atoms with E-state index in [4.69, 9.17) is 10.5 Å². The molecule has 0 aromatic rings. The van der Waals surface area contributed by atoms with Gasteiger partial charge in [0.1, 0.15) is 6.10 Å². The van der Waals surface area contributed by atoms with Crippen molar-refractivity contribution < 1.29 is 45.3 Å². The third-order valence-electron chi connectivity index (χ3n) is 17.3. The van der Waals surface area contributed by atoms with Crippen LogP contribution >= 0.6 is 0 Å². The summed E-state index contributed by atoms with van der Waals surface area (Å²) in [5, 5.41) is 87.9. The molecule has 4 saturated carbocycles. The van der Waals surface area contributed by atoms with Crippen LogP contribution in [0.3, 0.4) is 0 Å². The zero-order valence-electron chi connectivity index (χ0n) is 36.4. The number of dihydropyridines is 1. The standard InChI is InChI=1S/C47H77N3O9/c1-6-8-28-10-13-30-27(3)42(59-36(30)14-11-28)43(56)45(5,57)37-18-21-47(58)39-31(17-19-44(37,47)4)46(20-16-29-12-15-38(48)50-33(29)9-7-22-51)24-35(54)34(53)23-32(46)41(55)40(39)49-25-26(2)52/h12,15,26-28,30-32,34-38,42-43,49-54,56-58H,6-11,13-14,16-25,48H2,1-5H3. The van der Waals surface area contributed by atoms with Crippen LogP contribution < -0.4 is 16.4 Å². The van der Waals surface area contributed by atoms with E-state index in [9.17, 15) is 35.7 Å². The SMILES string of the molecule is CCCC1CCC2OC(C(O)C(C)(O)C3CCC4(O)C5=C(NCC(C)O)C(=O)C6CC(O)C(O)CC6(CCC6=C(CCCO)NC(N)C=C6)C5CCC34C)C(C)C2CC1. The average molecular weight is 828 g/mol. The molecule has 17 atom stereocenters. The number of ketones is 1. The number of aliphatic hydroxyl groups is 7. The van der Waals surface area contributed by atoms with Crippen LogP contribution in [0.25, 0.3) is 0 Å². The van der Waals surface area contributed by atoms with Crippen molar-refractivity contribution >= 4 is 5.78 Å². The fourth-order valence-electron chi connectivity index (χ4n) is 14.1. The average Bonchev–Trinajstić information content (AvgIpc) is 3.57. The van der Waals surface area contributed by atoms with Crippen LogP contribution in [-0.4, -0.2) is 109 Å². The van der Waals surface area contributed by atoms with Gasteiger partial charge in [0.25, 0.3) is 0 Å². The van der Waals surface area contributed by atoms with E-state index in [1.54, 1.807) is 13.8 Å². The summed E-state index contributed by atoms with van der Waals surface area (Å²) < 4.78 is 6.72. The molecule has 12 nitrogen and oxygen atoms in total. The smallest absolute Gasteiger partial charge is 0.182 e. The molecule has 2 heterocycles. The molecule has 0 amide bonds. The van der Waals surface area contributed by atoms with Crippen LogP contribution in [0.4, 0.5) is 0 Å². The number of nitrogens with one attached hydrogen (secondary N) is 2. The van der Waals surface area contributed by atoms with Gasteiger partial charge in [-0.05, 0) is 150 Å². The van der Waals surface area contributed by atoms with Crippen molar-refractivity contribution in [3.8, 4) is 0 Å². The number of carbonyl (C=O) groups is 1. The number of carbonyl (C=O) groups excluding carboxylic acids is 1. The van der Waals surface area contributed by atoms with Crippen molar-refractivity contribution in [3.05, 3.63) is 34.7 Å². The van der Waals surface area contributed by atoms with Gasteiger partial charge in [-0.3, -0.25) is 4.79 Å². The first-order valence-electron chi connectivity index (χ1n) is 23.3. The number of ether oxygens (including phenoxy) is 1. The monoisotopic (exact) mass is 828 g/mol. The summed E-state index contributed by atoms with van der Waals surface area (Å²) >= 11 is 0. The van der Waals surface area contributed by atoms with E-state index < -0.39 is 64.4 Å². The molecule has 11 N–H and O–H groups in total. The second-order valence-corrected chi connectivity index (χ2v) is 20.7. The van der Waals surface area contributed by atoms with E-state index in [1.807, 2.05) is 19.1 Å². The Hall–Kier alpha value is -1.87. The Morgan fingerprint density at radius 1 is 1.07 bits per heavy atom. The van der Waals surface area contributed by atoms with Gasteiger partial charge in [-0.2, -0.15) is 0 Å². The molecule has 0 aromatic carbocycles. The Kier molecular flexibility index (Phi) is 13.3. The van der Waals surface area contributed by atoms with Gasteiger partial charge in [0.05, 0.1) is 53.6 Å². The lowest BCUT2D eigenvalue weighted by Gasteiger charge is -2.62. The largest absolute Gasteiger partial charge is 0.396 e. The number of rotatable bonds is 14. The highest BCUT2D eigenvalue weighted by Crippen LogP contribution is 2.70. The van der Waals surface area contributed by atoms with Crippen molar-refractivity contribution in [3.63, 3.8) is 0 Å². The molecule has 334 valence electrons. The molecule has 17 unspecified atom stereocenters. The molecule has 12 heteroatoms. The topological polar surface area (TPSA) is 218 Å². The predicted molar refractivity (Wildman–Crippen MR) is 225 cm³/mol. The molecule has 5 fully saturated rings. The predicted octanol–water partition coefficient (Wildman–Crippen LogP) is 3.84. The highest BCUT2D eigenvalue weighted by atomic mass is 16.5. The molecule has 0 bridgehead atoms.